The van der Waals surface area contributed by atoms with Crippen LogP contribution in [0.5, 0.6) is 0 Å². The highest BCUT2D eigenvalue weighted by atomic mass is 16.6. The van der Waals surface area contributed by atoms with Crippen molar-refractivity contribution in [3.8, 4) is 0 Å². The van der Waals surface area contributed by atoms with E-state index in [1.165, 1.54) is 14.0 Å². The first kappa shape index (κ1) is 12.1. The lowest BCUT2D eigenvalue weighted by Gasteiger charge is -2.07. The Balaban J connectivity index is 4.40. The van der Waals surface area contributed by atoms with Crippen LogP contribution in [0.25, 0.3) is 5.53 Å². The molecule has 6 heteroatoms. The Labute approximate surface area is 80.7 Å². The fourth-order valence-electron chi connectivity index (χ4n) is 0.600. The van der Waals surface area contributed by atoms with Crippen LogP contribution in [0, 0.1) is 0 Å². The second kappa shape index (κ2) is 5.66. The van der Waals surface area contributed by atoms with Crippen molar-refractivity contribution in [2.24, 2.45) is 0 Å². The third-order valence-corrected chi connectivity index (χ3v) is 1.33. The van der Waals surface area contributed by atoms with Crippen molar-refractivity contribution >= 4 is 17.7 Å². The van der Waals surface area contributed by atoms with E-state index in [2.05, 4.69) is 20.8 Å². The van der Waals surface area contributed by atoms with Gasteiger partial charge in [0, 0.05) is 6.08 Å². The Morgan fingerprint density at radius 2 is 2.14 bits per heavy atom. The summed E-state index contributed by atoms with van der Waals surface area (Å²) in [5.74, 6) is -1.64. The SMILES string of the molecule is C=CC(=[N+]=[N-])C(=O)O[C@H](C)C(=O)OC. The Kier molecular flexibility index (Phi) is 4.88. The molecule has 0 fully saturated rings. The molecule has 0 aromatic rings. The molecule has 6 nitrogen and oxygen atoms in total. The molecular formula is C8H10N2O4. The van der Waals surface area contributed by atoms with Gasteiger partial charge in [-0.3, -0.25) is 0 Å². The molecule has 0 unspecified atom stereocenters. The third kappa shape index (κ3) is 3.20. The zero-order chi connectivity index (χ0) is 11.1. The van der Waals surface area contributed by atoms with Gasteiger partial charge in [-0.25, -0.2) is 9.59 Å². The van der Waals surface area contributed by atoms with Gasteiger partial charge in [0.15, 0.2) is 6.10 Å². The smallest absolute Gasteiger partial charge is 0.422 e. The number of ether oxygens (including phenoxy) is 2. The average molecular weight is 198 g/mol. The lowest BCUT2D eigenvalue weighted by Crippen LogP contribution is -2.28. The quantitative estimate of drug-likeness (QED) is 0.274. The predicted octanol–water partition coefficient (Wildman–Crippen LogP) is -0.0521. The van der Waals surface area contributed by atoms with Crippen molar-refractivity contribution in [1.82, 2.24) is 0 Å². The molecule has 0 spiro atoms. The maximum atomic E-state index is 11.0. The normalized spacial score (nSPS) is 10.7. The number of nitrogens with zero attached hydrogens (tertiary/aromatic N) is 2. The van der Waals surface area contributed by atoms with Crippen LogP contribution in [0.2, 0.25) is 0 Å². The molecule has 0 saturated carbocycles. The number of methoxy groups -OCH3 is 1. The number of rotatable bonds is 4. The molecule has 76 valence electrons. The average Bonchev–Trinajstić information content (AvgIpc) is 2.18. The minimum Gasteiger partial charge on any atom is -0.466 e. The zero-order valence-electron chi connectivity index (χ0n) is 7.89. The van der Waals surface area contributed by atoms with Gasteiger partial charge < -0.3 is 15.0 Å². The molecule has 0 aliphatic heterocycles. The van der Waals surface area contributed by atoms with E-state index in [9.17, 15) is 9.59 Å². The second-order valence-electron chi connectivity index (χ2n) is 2.26. The van der Waals surface area contributed by atoms with Crippen molar-refractivity contribution in [1.29, 1.82) is 0 Å². The molecular weight excluding hydrogens is 188 g/mol. The molecule has 1 atom stereocenters. The van der Waals surface area contributed by atoms with Crippen LogP contribution >= 0.6 is 0 Å². The van der Waals surface area contributed by atoms with Crippen LogP contribution in [0.15, 0.2) is 12.7 Å². The summed E-state index contributed by atoms with van der Waals surface area (Å²) in [6.07, 6.45) is -0.0454. The van der Waals surface area contributed by atoms with Gasteiger partial charge in [0.25, 0.3) is 0 Å². The van der Waals surface area contributed by atoms with Gasteiger partial charge in [-0.1, -0.05) is 6.58 Å². The first-order chi connectivity index (χ1) is 6.56. The first-order valence-electron chi connectivity index (χ1n) is 3.70. The van der Waals surface area contributed by atoms with E-state index in [4.69, 9.17) is 5.53 Å². The number of carbonyl (C=O) groups is 2. The molecule has 0 saturated heterocycles. The maximum Gasteiger partial charge on any atom is 0.422 e. The van der Waals surface area contributed by atoms with Gasteiger partial charge in [-0.2, -0.15) is 4.79 Å². The standard InChI is InChI=1S/C8H10N2O4/c1-4-6(10-9)8(12)14-5(2)7(11)13-3/h4-5H,1H2,2-3H3/t5-/m1/s1. The van der Waals surface area contributed by atoms with E-state index >= 15 is 0 Å². The number of esters is 2. The molecule has 0 amide bonds. The summed E-state index contributed by atoms with van der Waals surface area (Å²) in [6, 6.07) is 0. The largest absolute Gasteiger partial charge is 0.466 e. The van der Waals surface area contributed by atoms with Gasteiger partial charge in [0.2, 0.25) is 0 Å². The first-order valence-corrected chi connectivity index (χ1v) is 3.70. The summed E-state index contributed by atoms with van der Waals surface area (Å²) < 4.78 is 8.89. The Hall–Kier alpha value is -1.94. The van der Waals surface area contributed by atoms with Crippen LogP contribution in [0.3, 0.4) is 0 Å². The summed E-state index contributed by atoms with van der Waals surface area (Å²) in [6.45, 7) is 4.55. The van der Waals surface area contributed by atoms with E-state index in [1.54, 1.807) is 0 Å². The molecule has 0 heterocycles. The van der Waals surface area contributed by atoms with E-state index in [0.29, 0.717) is 0 Å². The molecule has 0 bridgehead atoms. The lowest BCUT2D eigenvalue weighted by molar-refractivity contribution is -0.162. The van der Waals surface area contributed by atoms with Crippen molar-refractivity contribution in [2.45, 2.75) is 13.0 Å². The minimum atomic E-state index is -1.05. The van der Waals surface area contributed by atoms with E-state index < -0.39 is 18.0 Å². The molecule has 0 aromatic carbocycles. The molecule has 0 aromatic heterocycles. The molecule has 0 N–H and O–H groups in total. The van der Waals surface area contributed by atoms with Crippen LogP contribution < -0.4 is 0 Å². The van der Waals surface area contributed by atoms with Crippen LogP contribution in [0.4, 0.5) is 0 Å². The summed E-state index contributed by atoms with van der Waals surface area (Å²) in [5.41, 5.74) is 7.93. The maximum absolute atomic E-state index is 11.0. The summed E-state index contributed by atoms with van der Waals surface area (Å²) in [5, 5.41) is 0. The Morgan fingerprint density at radius 3 is 2.50 bits per heavy atom. The van der Waals surface area contributed by atoms with Crippen LogP contribution in [0.1, 0.15) is 6.92 Å². The number of carbonyl (C=O) groups excluding carboxylic acids is 2. The highest BCUT2D eigenvalue weighted by molar-refractivity contribution is 6.38. The van der Waals surface area contributed by atoms with E-state index in [0.717, 1.165) is 6.08 Å². The van der Waals surface area contributed by atoms with Gasteiger partial charge >= 0.3 is 17.7 Å². The summed E-state index contributed by atoms with van der Waals surface area (Å²) in [4.78, 5) is 24.5. The third-order valence-electron chi connectivity index (χ3n) is 1.33. The minimum absolute atomic E-state index is 0.374. The van der Waals surface area contributed by atoms with Crippen molar-refractivity contribution in [3.05, 3.63) is 18.2 Å². The molecule has 14 heavy (non-hydrogen) atoms. The molecule has 0 aliphatic rings. The summed E-state index contributed by atoms with van der Waals surface area (Å²) in [7, 11) is 1.17. The Bertz CT molecular complexity index is 304. The fourth-order valence-corrected chi connectivity index (χ4v) is 0.600. The second-order valence-corrected chi connectivity index (χ2v) is 2.26. The fraction of sp³-hybridized carbons (Fsp3) is 0.375. The highest BCUT2D eigenvalue weighted by Crippen LogP contribution is 1.95. The van der Waals surface area contributed by atoms with Gasteiger partial charge in [-0.05, 0) is 6.92 Å². The van der Waals surface area contributed by atoms with Crippen LogP contribution in [-0.4, -0.2) is 35.7 Å². The Morgan fingerprint density at radius 1 is 1.57 bits per heavy atom. The van der Waals surface area contributed by atoms with E-state index in [-0.39, 0.29) is 5.71 Å². The van der Waals surface area contributed by atoms with Crippen molar-refractivity contribution in [2.75, 3.05) is 7.11 Å². The van der Waals surface area contributed by atoms with Crippen LogP contribution in [-0.2, 0) is 19.1 Å². The predicted molar refractivity (Wildman–Crippen MR) is 46.4 cm³/mol. The zero-order valence-corrected chi connectivity index (χ0v) is 7.89. The number of hydrogen-bond donors (Lipinski definition) is 0. The van der Waals surface area contributed by atoms with Crippen molar-refractivity contribution in [3.63, 3.8) is 0 Å². The van der Waals surface area contributed by atoms with Crippen molar-refractivity contribution < 1.29 is 23.9 Å². The number of hydrogen-bond acceptors (Lipinski definition) is 4. The van der Waals surface area contributed by atoms with Gasteiger partial charge in [0.05, 0.1) is 7.11 Å². The molecule has 0 aliphatic carbocycles. The highest BCUT2D eigenvalue weighted by Gasteiger charge is 2.24. The van der Waals surface area contributed by atoms with Gasteiger partial charge in [-0.15, -0.1) is 0 Å². The van der Waals surface area contributed by atoms with E-state index in [1.807, 2.05) is 0 Å². The topological polar surface area (TPSA) is 89.0 Å². The lowest BCUT2D eigenvalue weighted by atomic mass is 10.3. The molecule has 0 rings (SSSR count). The monoisotopic (exact) mass is 198 g/mol. The summed E-state index contributed by atoms with van der Waals surface area (Å²) >= 11 is 0. The van der Waals surface area contributed by atoms with Gasteiger partial charge in [0.1, 0.15) is 0 Å². The molecule has 0 radical (unpaired) electrons.